The van der Waals surface area contributed by atoms with Crippen molar-refractivity contribution >= 4 is 22.8 Å². The van der Waals surface area contributed by atoms with Crippen LogP contribution in [-0.2, 0) is 0 Å². The van der Waals surface area contributed by atoms with Crippen LogP contribution in [0.25, 0.3) is 10.9 Å². The number of rotatable bonds is 3. The number of benzene rings is 1. The van der Waals surface area contributed by atoms with Gasteiger partial charge in [0.05, 0.1) is 31.2 Å². The van der Waals surface area contributed by atoms with Crippen LogP contribution < -0.4 is 10.6 Å². The monoisotopic (exact) mass is 286 g/mol. The molecule has 0 fully saturated rings. The summed E-state index contributed by atoms with van der Waals surface area (Å²) in [6, 6.07) is 7.92. The molecular formula is C14H18N6O. The van der Waals surface area contributed by atoms with E-state index in [2.05, 4.69) is 25.6 Å². The number of anilines is 1. The molecule has 0 radical (unpaired) electrons. The Hall–Kier alpha value is -2.25. The standard InChI is InChI=1S/C14H18N6O/c1-10-11-4-2-3-5-12(11)18-14(17-10)19-13-15-8-20(6-7-21)9-16-13/h2-5,21H,6-9H2,1H3,(H2,15,16,17,18,19). The molecule has 0 saturated carbocycles. The largest absolute Gasteiger partial charge is 0.395 e. The Labute approximate surface area is 122 Å². The number of guanidine groups is 1. The molecule has 0 saturated heterocycles. The van der Waals surface area contributed by atoms with Crippen molar-refractivity contribution in [3.63, 3.8) is 0 Å². The van der Waals surface area contributed by atoms with Gasteiger partial charge in [0.25, 0.3) is 0 Å². The number of aliphatic hydroxyl groups excluding tert-OH is 1. The molecule has 3 rings (SSSR count). The van der Waals surface area contributed by atoms with E-state index in [1.165, 1.54) is 0 Å². The van der Waals surface area contributed by atoms with E-state index in [1.807, 2.05) is 36.1 Å². The van der Waals surface area contributed by atoms with Crippen LogP contribution in [0, 0.1) is 6.92 Å². The van der Waals surface area contributed by atoms with Crippen LogP contribution in [0.1, 0.15) is 5.69 Å². The lowest BCUT2D eigenvalue weighted by molar-refractivity contribution is 0.191. The lowest BCUT2D eigenvalue weighted by Crippen LogP contribution is -2.46. The van der Waals surface area contributed by atoms with Crippen molar-refractivity contribution in [2.75, 3.05) is 31.8 Å². The zero-order valence-corrected chi connectivity index (χ0v) is 11.9. The van der Waals surface area contributed by atoms with Crippen molar-refractivity contribution in [2.45, 2.75) is 6.92 Å². The van der Waals surface area contributed by atoms with E-state index < -0.39 is 0 Å². The van der Waals surface area contributed by atoms with Gasteiger partial charge in [-0.1, -0.05) is 18.2 Å². The molecule has 110 valence electrons. The first kappa shape index (κ1) is 13.7. The first-order valence-corrected chi connectivity index (χ1v) is 6.88. The van der Waals surface area contributed by atoms with Gasteiger partial charge in [0, 0.05) is 11.9 Å². The summed E-state index contributed by atoms with van der Waals surface area (Å²) in [6.07, 6.45) is 0. The molecule has 1 aliphatic heterocycles. The molecule has 2 heterocycles. The zero-order chi connectivity index (χ0) is 14.7. The molecule has 0 aliphatic carbocycles. The lowest BCUT2D eigenvalue weighted by Gasteiger charge is -2.26. The fourth-order valence-corrected chi connectivity index (χ4v) is 2.24. The number of hydrogen-bond donors (Lipinski definition) is 3. The second-order valence-corrected chi connectivity index (χ2v) is 4.88. The average molecular weight is 286 g/mol. The highest BCUT2D eigenvalue weighted by atomic mass is 16.3. The van der Waals surface area contributed by atoms with Crippen LogP contribution in [0.5, 0.6) is 0 Å². The molecule has 0 amide bonds. The van der Waals surface area contributed by atoms with Crippen LogP contribution in [0.2, 0.25) is 0 Å². The summed E-state index contributed by atoms with van der Waals surface area (Å²) in [5.41, 5.74) is 1.84. The van der Waals surface area contributed by atoms with Crippen molar-refractivity contribution in [1.82, 2.24) is 20.2 Å². The van der Waals surface area contributed by atoms with Crippen LogP contribution in [0.4, 0.5) is 5.95 Å². The van der Waals surface area contributed by atoms with Crippen molar-refractivity contribution < 1.29 is 5.11 Å². The molecule has 0 spiro atoms. The van der Waals surface area contributed by atoms with Gasteiger partial charge in [-0.2, -0.15) is 0 Å². The van der Waals surface area contributed by atoms with Gasteiger partial charge in [-0.15, -0.1) is 0 Å². The minimum atomic E-state index is 0.132. The van der Waals surface area contributed by atoms with Gasteiger partial charge in [-0.25, -0.2) is 15.0 Å². The highest BCUT2D eigenvalue weighted by Crippen LogP contribution is 2.16. The van der Waals surface area contributed by atoms with Gasteiger partial charge < -0.3 is 10.4 Å². The van der Waals surface area contributed by atoms with E-state index in [-0.39, 0.29) is 6.61 Å². The summed E-state index contributed by atoms with van der Waals surface area (Å²) in [6.45, 7) is 3.89. The average Bonchev–Trinajstić information content (AvgIpc) is 2.50. The molecular weight excluding hydrogens is 268 g/mol. The Morgan fingerprint density at radius 3 is 2.95 bits per heavy atom. The number of nitrogens with one attached hydrogen (secondary N) is 2. The van der Waals surface area contributed by atoms with Crippen LogP contribution in [0.15, 0.2) is 29.3 Å². The van der Waals surface area contributed by atoms with Gasteiger partial charge >= 0.3 is 0 Å². The van der Waals surface area contributed by atoms with Crippen LogP contribution in [-0.4, -0.2) is 52.4 Å². The number of hydrogen-bond acceptors (Lipinski definition) is 7. The number of aliphatic imine (C=N–C) groups is 1. The predicted octanol–water partition coefficient (Wildman–Crippen LogP) is 0.519. The Morgan fingerprint density at radius 1 is 1.33 bits per heavy atom. The van der Waals surface area contributed by atoms with Crippen LogP contribution >= 0.6 is 0 Å². The fourth-order valence-electron chi connectivity index (χ4n) is 2.24. The molecule has 7 heteroatoms. The lowest BCUT2D eigenvalue weighted by atomic mass is 10.2. The first-order valence-electron chi connectivity index (χ1n) is 6.88. The molecule has 1 aromatic heterocycles. The predicted molar refractivity (Wildman–Crippen MR) is 82.0 cm³/mol. The summed E-state index contributed by atoms with van der Waals surface area (Å²) in [5.74, 6) is 1.19. The maximum absolute atomic E-state index is 8.90. The molecule has 1 aromatic carbocycles. The molecule has 0 unspecified atom stereocenters. The first-order chi connectivity index (χ1) is 10.3. The van der Waals surface area contributed by atoms with Gasteiger partial charge in [-0.3, -0.25) is 10.2 Å². The van der Waals surface area contributed by atoms with Crippen molar-refractivity contribution in [3.05, 3.63) is 30.0 Å². The minimum absolute atomic E-state index is 0.132. The number of aryl methyl sites for hydroxylation is 1. The molecule has 7 nitrogen and oxygen atoms in total. The second-order valence-electron chi connectivity index (χ2n) is 4.88. The third-order valence-corrected chi connectivity index (χ3v) is 3.34. The number of para-hydroxylation sites is 1. The van der Waals surface area contributed by atoms with E-state index in [4.69, 9.17) is 5.11 Å². The third-order valence-electron chi connectivity index (χ3n) is 3.34. The van der Waals surface area contributed by atoms with E-state index >= 15 is 0 Å². The summed E-state index contributed by atoms with van der Waals surface area (Å²) >= 11 is 0. The maximum Gasteiger partial charge on any atom is 0.230 e. The van der Waals surface area contributed by atoms with Crippen molar-refractivity contribution in [3.8, 4) is 0 Å². The number of fused-ring (bicyclic) bond motifs is 1. The Bertz CT molecular complexity index is 672. The van der Waals surface area contributed by atoms with E-state index in [1.54, 1.807) is 0 Å². The quantitative estimate of drug-likeness (QED) is 0.762. The van der Waals surface area contributed by atoms with Crippen molar-refractivity contribution in [1.29, 1.82) is 0 Å². The minimum Gasteiger partial charge on any atom is -0.395 e. The molecule has 3 N–H and O–H groups in total. The van der Waals surface area contributed by atoms with E-state index in [9.17, 15) is 0 Å². The SMILES string of the molecule is Cc1nc(NC2=NCN(CCO)CN2)nc2ccccc12. The van der Waals surface area contributed by atoms with Gasteiger partial charge in [0.15, 0.2) is 0 Å². The number of nitrogens with zero attached hydrogens (tertiary/aromatic N) is 4. The molecule has 0 atom stereocenters. The number of aromatic nitrogens is 2. The van der Waals surface area contributed by atoms with E-state index in [0.717, 1.165) is 16.6 Å². The summed E-state index contributed by atoms with van der Waals surface area (Å²) in [5, 5.41) is 16.2. The smallest absolute Gasteiger partial charge is 0.230 e. The summed E-state index contributed by atoms with van der Waals surface area (Å²) in [7, 11) is 0. The Morgan fingerprint density at radius 2 is 2.19 bits per heavy atom. The highest BCUT2D eigenvalue weighted by molar-refractivity contribution is 5.93. The van der Waals surface area contributed by atoms with E-state index in [0.29, 0.717) is 31.8 Å². The normalized spacial score (nSPS) is 15.6. The zero-order valence-electron chi connectivity index (χ0n) is 11.9. The number of aliphatic hydroxyl groups is 1. The Kier molecular flexibility index (Phi) is 3.94. The fraction of sp³-hybridized carbons (Fsp3) is 0.357. The topological polar surface area (TPSA) is 85.7 Å². The molecule has 1 aliphatic rings. The number of β-amino-alcohol motifs (C(OH)–C–C–N with tert-alkyl or cyclic N) is 1. The van der Waals surface area contributed by atoms with Gasteiger partial charge in [0.2, 0.25) is 11.9 Å². The molecule has 2 aromatic rings. The second kappa shape index (κ2) is 6.02. The molecule has 0 bridgehead atoms. The maximum atomic E-state index is 8.90. The van der Waals surface area contributed by atoms with Crippen LogP contribution in [0.3, 0.4) is 0 Å². The summed E-state index contributed by atoms with van der Waals surface area (Å²) < 4.78 is 0. The van der Waals surface area contributed by atoms with Crippen molar-refractivity contribution in [2.24, 2.45) is 4.99 Å². The van der Waals surface area contributed by atoms with Gasteiger partial charge in [0.1, 0.15) is 0 Å². The highest BCUT2D eigenvalue weighted by Gasteiger charge is 2.12. The molecule has 21 heavy (non-hydrogen) atoms. The van der Waals surface area contributed by atoms with Gasteiger partial charge in [-0.05, 0) is 13.0 Å². The summed E-state index contributed by atoms with van der Waals surface area (Å²) in [4.78, 5) is 15.3. The third kappa shape index (κ3) is 3.09. The Balaban J connectivity index is 1.77.